The van der Waals surface area contributed by atoms with Crippen molar-refractivity contribution in [2.45, 2.75) is 51.3 Å². The second kappa shape index (κ2) is 10.8. The molecule has 198 valence electrons. The molecule has 0 bridgehead atoms. The van der Waals surface area contributed by atoms with E-state index >= 15 is 0 Å². The molecule has 3 heterocycles. The lowest BCUT2D eigenvalue weighted by atomic mass is 9.99. The number of nitrogens with two attached hydrogens (primary N) is 1. The van der Waals surface area contributed by atoms with Crippen LogP contribution < -0.4 is 15.8 Å². The number of ether oxygens (including phenoxy) is 1. The molecule has 1 amide bonds. The Morgan fingerprint density at radius 1 is 1.24 bits per heavy atom. The lowest BCUT2D eigenvalue weighted by Gasteiger charge is -2.36. The molecule has 8 nitrogen and oxygen atoms in total. The number of halogens is 3. The fraction of sp³-hybridized carbons (Fsp3) is 0.423. The summed E-state index contributed by atoms with van der Waals surface area (Å²) in [7, 11) is 1.80. The van der Waals surface area contributed by atoms with E-state index in [1.165, 1.54) is 12.1 Å². The van der Waals surface area contributed by atoms with Crippen molar-refractivity contribution in [1.82, 2.24) is 25.0 Å². The number of piperidine rings is 1. The van der Waals surface area contributed by atoms with E-state index in [0.717, 1.165) is 24.0 Å². The van der Waals surface area contributed by atoms with Crippen LogP contribution in [0.15, 0.2) is 36.8 Å². The molecule has 1 aliphatic rings. The molecule has 37 heavy (non-hydrogen) atoms. The first-order chi connectivity index (χ1) is 17.5. The van der Waals surface area contributed by atoms with Gasteiger partial charge in [0.25, 0.3) is 0 Å². The van der Waals surface area contributed by atoms with E-state index in [1.54, 1.807) is 32.4 Å². The van der Waals surface area contributed by atoms with Gasteiger partial charge in [0.05, 0.1) is 22.8 Å². The monoisotopic (exact) mass is 548 g/mol. The van der Waals surface area contributed by atoms with Gasteiger partial charge in [-0.2, -0.15) is 5.10 Å². The maximum absolute atomic E-state index is 14.0. The van der Waals surface area contributed by atoms with Crippen LogP contribution >= 0.6 is 23.2 Å². The Kier molecular flexibility index (Phi) is 7.96. The van der Waals surface area contributed by atoms with E-state index in [9.17, 15) is 9.18 Å². The third-order valence-corrected chi connectivity index (χ3v) is 7.61. The Balaban J connectivity index is 1.47. The van der Waals surface area contributed by atoms with Crippen LogP contribution in [0.1, 0.15) is 51.3 Å². The zero-order chi connectivity index (χ0) is 26.9. The molecule has 0 spiro atoms. The Morgan fingerprint density at radius 3 is 2.62 bits per heavy atom. The Morgan fingerprint density at radius 2 is 1.95 bits per heavy atom. The minimum Gasteiger partial charge on any atom is -0.482 e. The van der Waals surface area contributed by atoms with Crippen molar-refractivity contribution in [2.24, 2.45) is 0 Å². The van der Waals surface area contributed by atoms with E-state index in [0.29, 0.717) is 29.4 Å². The van der Waals surface area contributed by atoms with Crippen LogP contribution in [0.5, 0.6) is 5.75 Å². The van der Waals surface area contributed by atoms with Crippen LogP contribution in [-0.2, 0) is 4.79 Å². The van der Waals surface area contributed by atoms with Gasteiger partial charge in [-0.05, 0) is 58.9 Å². The van der Waals surface area contributed by atoms with Gasteiger partial charge < -0.3 is 20.7 Å². The van der Waals surface area contributed by atoms with Crippen LogP contribution in [0.2, 0.25) is 10.0 Å². The largest absolute Gasteiger partial charge is 0.482 e. The van der Waals surface area contributed by atoms with Crippen LogP contribution in [0.4, 0.5) is 10.2 Å². The highest BCUT2D eigenvalue weighted by atomic mass is 35.5. The fourth-order valence-corrected chi connectivity index (χ4v) is 5.07. The summed E-state index contributed by atoms with van der Waals surface area (Å²) < 4.78 is 21.9. The van der Waals surface area contributed by atoms with Gasteiger partial charge in [-0.15, -0.1) is 0 Å². The molecule has 1 unspecified atom stereocenters. The van der Waals surface area contributed by atoms with E-state index in [4.69, 9.17) is 33.7 Å². The van der Waals surface area contributed by atoms with Gasteiger partial charge in [-0.3, -0.25) is 9.48 Å². The number of nitrogen functional groups attached to an aromatic ring is 1. The fourth-order valence-electron chi connectivity index (χ4n) is 4.39. The molecule has 0 aliphatic carbocycles. The summed E-state index contributed by atoms with van der Waals surface area (Å²) in [5.74, 6) is 0.0381. The van der Waals surface area contributed by atoms with Crippen molar-refractivity contribution in [3.8, 4) is 16.9 Å². The number of anilines is 1. The number of likely N-dealkylation sites (N-methyl/N-ethyl adjacent to an activating group) is 1. The standard InChI is InChI=1S/C26H31Cl2FN6O2/c1-15(22-19(27)5-6-20(29)23(22)28)37-21-11-16(12-32-24(21)30)17-13-33-35(14-17)18-7-9-34(10-8-18)25(36)26(2,3)31-4/h5-6,11-15,18,31H,7-10H2,1-4H3,(H2,30,32). The number of carbonyl (C=O) groups excluding carboxylic acids is 1. The topological polar surface area (TPSA) is 98.3 Å². The normalized spacial score (nSPS) is 15.6. The number of rotatable bonds is 7. The average Bonchev–Trinajstić information content (AvgIpc) is 3.38. The van der Waals surface area contributed by atoms with Crippen molar-refractivity contribution in [3.63, 3.8) is 0 Å². The molecule has 1 aromatic carbocycles. The molecule has 3 N–H and O–H groups in total. The third kappa shape index (κ3) is 5.68. The Hall–Kier alpha value is -2.88. The molecule has 1 atom stereocenters. The molecular weight excluding hydrogens is 518 g/mol. The van der Waals surface area contributed by atoms with E-state index in [1.807, 2.05) is 29.6 Å². The van der Waals surface area contributed by atoms with E-state index < -0.39 is 17.5 Å². The number of likely N-dealkylation sites (tertiary alicyclic amines) is 1. The van der Waals surface area contributed by atoms with Gasteiger partial charge in [0, 0.05) is 47.2 Å². The summed E-state index contributed by atoms with van der Waals surface area (Å²) >= 11 is 12.4. The molecular formula is C26H31Cl2FN6O2. The van der Waals surface area contributed by atoms with Gasteiger partial charge in [0.1, 0.15) is 11.9 Å². The van der Waals surface area contributed by atoms with Crippen molar-refractivity contribution in [3.05, 3.63) is 58.2 Å². The smallest absolute Gasteiger partial charge is 0.242 e. The Labute approximate surface area is 225 Å². The number of carbonyl (C=O) groups is 1. The number of pyridine rings is 1. The number of benzene rings is 1. The van der Waals surface area contributed by atoms with Crippen molar-refractivity contribution in [1.29, 1.82) is 0 Å². The minimum atomic E-state index is -0.668. The number of aromatic nitrogens is 3. The summed E-state index contributed by atoms with van der Waals surface area (Å²) in [5.41, 5.74) is 7.43. The zero-order valence-electron chi connectivity index (χ0n) is 21.3. The highest BCUT2D eigenvalue weighted by Crippen LogP contribution is 2.37. The third-order valence-electron chi connectivity index (χ3n) is 6.89. The Bertz CT molecular complexity index is 1290. The molecule has 3 aromatic rings. The van der Waals surface area contributed by atoms with Crippen LogP contribution in [0.25, 0.3) is 11.1 Å². The molecule has 4 rings (SSSR count). The molecule has 0 radical (unpaired) electrons. The maximum Gasteiger partial charge on any atom is 0.242 e. The molecule has 1 fully saturated rings. The molecule has 0 saturated carbocycles. The van der Waals surface area contributed by atoms with Gasteiger partial charge in [0.15, 0.2) is 11.6 Å². The first-order valence-electron chi connectivity index (χ1n) is 12.1. The lowest BCUT2D eigenvalue weighted by Crippen LogP contribution is -2.54. The summed E-state index contributed by atoms with van der Waals surface area (Å²) in [5, 5.41) is 7.85. The summed E-state index contributed by atoms with van der Waals surface area (Å²) in [6, 6.07) is 4.60. The van der Waals surface area contributed by atoms with Crippen molar-refractivity contribution >= 4 is 34.9 Å². The van der Waals surface area contributed by atoms with Gasteiger partial charge in [-0.25, -0.2) is 9.37 Å². The maximum atomic E-state index is 14.0. The van der Waals surface area contributed by atoms with Crippen LogP contribution in [0, 0.1) is 5.82 Å². The number of hydrogen-bond acceptors (Lipinski definition) is 6. The summed E-state index contributed by atoms with van der Waals surface area (Å²) in [6.07, 6.45) is 6.33. The zero-order valence-corrected chi connectivity index (χ0v) is 22.8. The molecule has 1 saturated heterocycles. The molecule has 11 heteroatoms. The average molecular weight is 549 g/mol. The second-order valence-electron chi connectivity index (χ2n) is 9.73. The minimum absolute atomic E-state index is 0.0915. The molecule has 2 aromatic heterocycles. The number of amides is 1. The summed E-state index contributed by atoms with van der Waals surface area (Å²) in [4.78, 5) is 18.9. The van der Waals surface area contributed by atoms with E-state index in [-0.39, 0.29) is 22.8 Å². The van der Waals surface area contributed by atoms with Crippen LogP contribution in [0.3, 0.4) is 0 Å². The predicted octanol–water partition coefficient (Wildman–Crippen LogP) is 5.27. The molecule has 1 aliphatic heterocycles. The van der Waals surface area contributed by atoms with Gasteiger partial charge in [-0.1, -0.05) is 23.2 Å². The van der Waals surface area contributed by atoms with Crippen molar-refractivity contribution < 1.29 is 13.9 Å². The second-order valence-corrected chi connectivity index (χ2v) is 10.5. The first kappa shape index (κ1) is 27.2. The van der Waals surface area contributed by atoms with Gasteiger partial charge in [0.2, 0.25) is 5.91 Å². The van der Waals surface area contributed by atoms with Gasteiger partial charge >= 0.3 is 0 Å². The summed E-state index contributed by atoms with van der Waals surface area (Å²) in [6.45, 7) is 6.85. The number of hydrogen-bond donors (Lipinski definition) is 2. The first-order valence-corrected chi connectivity index (χ1v) is 12.9. The van der Waals surface area contributed by atoms with Crippen molar-refractivity contribution in [2.75, 3.05) is 25.9 Å². The van der Waals surface area contributed by atoms with E-state index in [2.05, 4.69) is 15.4 Å². The highest BCUT2D eigenvalue weighted by molar-refractivity contribution is 6.36. The SMILES string of the molecule is CNC(C)(C)C(=O)N1CCC(n2cc(-c3cnc(N)c(OC(C)c4c(Cl)ccc(F)c4Cl)c3)cn2)CC1. The van der Waals surface area contributed by atoms with Crippen LogP contribution in [-0.4, -0.2) is 51.2 Å². The highest BCUT2D eigenvalue weighted by Gasteiger charge is 2.33. The predicted molar refractivity (Wildman–Crippen MR) is 143 cm³/mol. The quantitative estimate of drug-likeness (QED) is 0.390. The number of nitrogens with one attached hydrogen (secondary N) is 1. The lowest BCUT2D eigenvalue weighted by molar-refractivity contribution is -0.138. The number of nitrogens with zero attached hydrogens (tertiary/aromatic N) is 4.